The van der Waals surface area contributed by atoms with Gasteiger partial charge in [-0.2, -0.15) is 0 Å². The van der Waals surface area contributed by atoms with E-state index >= 15 is 0 Å². The minimum absolute atomic E-state index is 0.0762. The lowest BCUT2D eigenvalue weighted by molar-refractivity contribution is 0.198. The van der Waals surface area contributed by atoms with Gasteiger partial charge in [0.2, 0.25) is 0 Å². The van der Waals surface area contributed by atoms with Crippen molar-refractivity contribution in [2.24, 2.45) is 0 Å². The first-order valence-electron chi connectivity index (χ1n) is 5.48. The van der Waals surface area contributed by atoms with Gasteiger partial charge in [0, 0.05) is 6.07 Å². The lowest BCUT2D eigenvalue weighted by Gasteiger charge is -2.07. The highest BCUT2D eigenvalue weighted by atomic mass is 32.2. The summed E-state index contributed by atoms with van der Waals surface area (Å²) in [5.74, 6) is -0.416. The Morgan fingerprint density at radius 1 is 1.47 bits per heavy atom. The van der Waals surface area contributed by atoms with E-state index < -0.39 is 17.5 Å². The molecule has 0 saturated carbocycles. The molecule has 0 aliphatic rings. The maximum absolute atomic E-state index is 13.8. The third-order valence-electron chi connectivity index (χ3n) is 2.38. The van der Waals surface area contributed by atoms with E-state index in [1.165, 1.54) is 12.1 Å². The van der Waals surface area contributed by atoms with Gasteiger partial charge in [0.15, 0.2) is 5.16 Å². The number of benzene rings is 1. The lowest BCUT2D eigenvalue weighted by atomic mass is 10.1. The summed E-state index contributed by atoms with van der Waals surface area (Å²) < 4.78 is 13.8. The number of aromatic amines is 1. The monoisotopic (exact) mass is 281 g/mol. The molecule has 0 spiro atoms. The molecule has 1 heterocycles. The Morgan fingerprint density at radius 3 is 2.79 bits per heavy atom. The summed E-state index contributed by atoms with van der Waals surface area (Å²) >= 11 is 0.960. The minimum atomic E-state index is -0.737. The second-order valence-corrected chi connectivity index (χ2v) is 4.97. The molecule has 2 rings (SSSR count). The number of aliphatic hydroxyl groups excluding tert-OH is 1. The Morgan fingerprint density at radius 2 is 2.21 bits per heavy atom. The fraction of sp³-hybridized carbons (Fsp3) is 0.167. The van der Waals surface area contributed by atoms with E-state index in [1.54, 1.807) is 13.0 Å². The molecule has 100 valence electrons. The number of hydrogen-bond acceptors (Lipinski definition) is 5. The van der Waals surface area contributed by atoms with Gasteiger partial charge in [-0.3, -0.25) is 4.79 Å². The van der Waals surface area contributed by atoms with Gasteiger partial charge >= 0.3 is 0 Å². The molecule has 0 amide bonds. The average Bonchev–Trinajstić information content (AvgIpc) is 2.30. The Hall–Kier alpha value is -1.86. The van der Waals surface area contributed by atoms with Gasteiger partial charge in [0.05, 0.1) is 11.0 Å². The Bertz CT molecular complexity index is 658. The smallest absolute Gasteiger partial charge is 0.253 e. The number of aliphatic hydroxyl groups is 1. The van der Waals surface area contributed by atoms with Crippen molar-refractivity contribution >= 4 is 17.6 Å². The van der Waals surface area contributed by atoms with Crippen molar-refractivity contribution in [1.82, 2.24) is 9.97 Å². The van der Waals surface area contributed by atoms with E-state index in [0.717, 1.165) is 17.8 Å². The molecular formula is C12H12FN3O2S. The maximum atomic E-state index is 13.8. The van der Waals surface area contributed by atoms with Crippen molar-refractivity contribution in [2.45, 2.75) is 23.1 Å². The van der Waals surface area contributed by atoms with Crippen molar-refractivity contribution in [3.63, 3.8) is 0 Å². The number of nitrogens with one attached hydrogen (secondary N) is 1. The van der Waals surface area contributed by atoms with Crippen LogP contribution in [0.15, 0.2) is 39.1 Å². The Labute approximate surface area is 112 Å². The molecule has 2 aromatic rings. The first-order valence-corrected chi connectivity index (χ1v) is 6.29. The fourth-order valence-electron chi connectivity index (χ4n) is 1.47. The largest absolute Gasteiger partial charge is 0.389 e. The number of rotatable bonds is 3. The number of nitrogens with two attached hydrogens (primary N) is 1. The molecule has 0 radical (unpaired) electrons. The number of nitrogens with zero attached hydrogens (tertiary/aromatic N) is 1. The van der Waals surface area contributed by atoms with Gasteiger partial charge in [-0.25, -0.2) is 9.37 Å². The summed E-state index contributed by atoms with van der Waals surface area (Å²) in [6, 6.07) is 5.53. The number of hydrogen-bond donors (Lipinski definition) is 3. The first kappa shape index (κ1) is 13.6. The standard InChI is InChI=1S/C12H12FN3O2S/c1-6(17)7-2-3-9(8(13)4-7)19-12-15-10(14)5-11(18)16-12/h2-6,17H,1H3,(H3,14,15,16,18). The summed E-state index contributed by atoms with van der Waals surface area (Å²) in [6.45, 7) is 1.55. The van der Waals surface area contributed by atoms with Gasteiger partial charge in [-0.05, 0) is 36.4 Å². The molecule has 0 bridgehead atoms. The van der Waals surface area contributed by atoms with Crippen LogP contribution in [0.2, 0.25) is 0 Å². The van der Waals surface area contributed by atoms with Crippen LogP contribution in [0.1, 0.15) is 18.6 Å². The molecule has 1 unspecified atom stereocenters. The fourth-order valence-corrected chi connectivity index (χ4v) is 2.27. The van der Waals surface area contributed by atoms with Gasteiger partial charge in [-0.1, -0.05) is 6.07 Å². The highest BCUT2D eigenvalue weighted by Gasteiger charge is 2.10. The Kier molecular flexibility index (Phi) is 3.87. The zero-order chi connectivity index (χ0) is 14.0. The SMILES string of the molecule is CC(O)c1ccc(Sc2nc(N)cc(=O)[nH]2)c(F)c1. The van der Waals surface area contributed by atoms with Crippen LogP contribution in [0.4, 0.5) is 10.2 Å². The lowest BCUT2D eigenvalue weighted by Crippen LogP contribution is -2.09. The van der Waals surface area contributed by atoms with E-state index in [1.807, 2.05) is 0 Å². The molecular weight excluding hydrogens is 269 g/mol. The van der Waals surface area contributed by atoms with Gasteiger partial charge in [-0.15, -0.1) is 0 Å². The predicted octanol–water partition coefficient (Wildman–Crippen LogP) is 1.70. The van der Waals surface area contributed by atoms with E-state index in [4.69, 9.17) is 5.73 Å². The third kappa shape index (κ3) is 3.33. The second-order valence-electron chi connectivity index (χ2n) is 3.94. The molecule has 19 heavy (non-hydrogen) atoms. The van der Waals surface area contributed by atoms with Crippen molar-refractivity contribution in [3.05, 3.63) is 46.0 Å². The van der Waals surface area contributed by atoms with Crippen LogP contribution in [0.3, 0.4) is 0 Å². The normalized spacial score (nSPS) is 12.4. The topological polar surface area (TPSA) is 92.0 Å². The highest BCUT2D eigenvalue weighted by molar-refractivity contribution is 7.99. The summed E-state index contributed by atoms with van der Waals surface area (Å²) in [6.07, 6.45) is -0.737. The summed E-state index contributed by atoms with van der Waals surface area (Å²) in [5.41, 5.74) is 5.53. The quantitative estimate of drug-likeness (QED) is 0.745. The number of halogens is 1. The molecule has 0 aliphatic heterocycles. The number of nitrogen functional groups attached to an aromatic ring is 1. The molecule has 5 nitrogen and oxygen atoms in total. The molecule has 7 heteroatoms. The zero-order valence-electron chi connectivity index (χ0n) is 10.1. The minimum Gasteiger partial charge on any atom is -0.389 e. The van der Waals surface area contributed by atoms with Gasteiger partial charge < -0.3 is 15.8 Å². The highest BCUT2D eigenvalue weighted by Crippen LogP contribution is 2.28. The van der Waals surface area contributed by atoms with Crippen LogP contribution >= 0.6 is 11.8 Å². The van der Waals surface area contributed by atoms with Crippen LogP contribution in [0.25, 0.3) is 0 Å². The molecule has 0 aliphatic carbocycles. The molecule has 0 saturated heterocycles. The molecule has 0 fully saturated rings. The first-order chi connectivity index (χ1) is 8.95. The van der Waals surface area contributed by atoms with Crippen LogP contribution in [-0.2, 0) is 0 Å². The number of anilines is 1. The summed E-state index contributed by atoms with van der Waals surface area (Å²) in [4.78, 5) is 17.9. The van der Waals surface area contributed by atoms with E-state index in [-0.39, 0.29) is 15.9 Å². The van der Waals surface area contributed by atoms with Crippen LogP contribution in [-0.4, -0.2) is 15.1 Å². The number of aromatic nitrogens is 2. The van der Waals surface area contributed by atoms with E-state index in [2.05, 4.69) is 9.97 Å². The molecule has 4 N–H and O–H groups in total. The third-order valence-corrected chi connectivity index (χ3v) is 3.32. The predicted molar refractivity (Wildman–Crippen MR) is 70.4 cm³/mol. The van der Waals surface area contributed by atoms with Crippen molar-refractivity contribution < 1.29 is 9.50 Å². The average molecular weight is 281 g/mol. The van der Waals surface area contributed by atoms with E-state index in [0.29, 0.717) is 5.56 Å². The van der Waals surface area contributed by atoms with Gasteiger partial charge in [0.1, 0.15) is 11.6 Å². The summed E-state index contributed by atoms with van der Waals surface area (Å²) in [7, 11) is 0. The Balaban J connectivity index is 2.30. The number of H-pyrrole nitrogens is 1. The molecule has 1 atom stereocenters. The summed E-state index contributed by atoms with van der Waals surface area (Å²) in [5, 5.41) is 9.57. The van der Waals surface area contributed by atoms with Gasteiger partial charge in [0.25, 0.3) is 5.56 Å². The van der Waals surface area contributed by atoms with Crippen LogP contribution < -0.4 is 11.3 Å². The van der Waals surface area contributed by atoms with Crippen molar-refractivity contribution in [1.29, 1.82) is 0 Å². The van der Waals surface area contributed by atoms with E-state index in [9.17, 15) is 14.3 Å². The zero-order valence-corrected chi connectivity index (χ0v) is 10.9. The van der Waals surface area contributed by atoms with Crippen molar-refractivity contribution in [2.75, 3.05) is 5.73 Å². The second kappa shape index (κ2) is 5.41. The molecule has 1 aromatic heterocycles. The maximum Gasteiger partial charge on any atom is 0.253 e. The van der Waals surface area contributed by atoms with Crippen molar-refractivity contribution in [3.8, 4) is 0 Å². The van der Waals surface area contributed by atoms with Crippen LogP contribution in [0.5, 0.6) is 0 Å². The molecule has 1 aromatic carbocycles. The van der Waals surface area contributed by atoms with Crippen LogP contribution in [0, 0.1) is 5.82 Å².